The van der Waals surface area contributed by atoms with E-state index in [0.29, 0.717) is 18.8 Å². The predicted octanol–water partition coefficient (Wildman–Crippen LogP) is 3.45. The summed E-state index contributed by atoms with van der Waals surface area (Å²) in [5.74, 6) is -1.07. The Hall–Kier alpha value is -5.78. The Labute approximate surface area is 298 Å². The number of halogens is 4. The Morgan fingerprint density at radius 3 is 2.48 bits per heavy atom. The largest absolute Gasteiger partial charge is 0.504 e. The molecule has 5 aromatic rings. The number of benzene rings is 1. The van der Waals surface area contributed by atoms with Gasteiger partial charge in [0.15, 0.2) is 11.4 Å². The maximum atomic E-state index is 14.3. The second-order valence-electron chi connectivity index (χ2n) is 12.3. The number of hydrogen-bond donors (Lipinski definition) is 2. The number of carbonyl (C=O) groups excluding carboxylic acids is 2. The van der Waals surface area contributed by atoms with Crippen molar-refractivity contribution in [3.8, 4) is 5.75 Å². The van der Waals surface area contributed by atoms with Gasteiger partial charge in [-0.1, -0.05) is 18.5 Å². The van der Waals surface area contributed by atoms with Gasteiger partial charge in [-0.2, -0.15) is 22.7 Å². The molecule has 0 aliphatic carbocycles. The number of pyridine rings is 1. The van der Waals surface area contributed by atoms with Gasteiger partial charge >= 0.3 is 6.18 Å². The van der Waals surface area contributed by atoms with E-state index in [-0.39, 0.29) is 84.4 Å². The van der Waals surface area contributed by atoms with Crippen LogP contribution >= 0.6 is 11.6 Å². The molecule has 2 N–H and O–H groups in total. The normalized spacial score (nSPS) is 14.6. The molecule has 0 spiro atoms. The lowest BCUT2D eigenvalue weighted by Gasteiger charge is -2.36. The van der Waals surface area contributed by atoms with Crippen molar-refractivity contribution in [3.63, 3.8) is 0 Å². The highest BCUT2D eigenvalue weighted by Gasteiger charge is 2.33. The number of rotatable bonds is 7. The molecule has 15 nitrogen and oxygen atoms in total. The fourth-order valence-electron chi connectivity index (χ4n) is 6.45. The molecule has 0 unspecified atom stereocenters. The van der Waals surface area contributed by atoms with Crippen LogP contribution in [-0.4, -0.2) is 82.1 Å². The van der Waals surface area contributed by atoms with E-state index in [4.69, 9.17) is 16.6 Å². The van der Waals surface area contributed by atoms with Gasteiger partial charge in [-0.3, -0.25) is 19.4 Å². The van der Waals surface area contributed by atoms with E-state index in [1.165, 1.54) is 11.2 Å². The Balaban J connectivity index is 1.23. The average molecular weight is 738 g/mol. The van der Waals surface area contributed by atoms with E-state index >= 15 is 0 Å². The van der Waals surface area contributed by atoms with Gasteiger partial charge in [0.2, 0.25) is 17.6 Å². The molecule has 2 amide bonds. The van der Waals surface area contributed by atoms with E-state index in [1.807, 2.05) is 22.8 Å². The first-order chi connectivity index (χ1) is 24.8. The van der Waals surface area contributed by atoms with E-state index in [0.717, 1.165) is 33.8 Å². The topological polar surface area (TPSA) is 167 Å². The summed E-state index contributed by atoms with van der Waals surface area (Å²) in [7, 11) is 0. The van der Waals surface area contributed by atoms with Crippen LogP contribution in [0.15, 0.2) is 47.8 Å². The quantitative estimate of drug-likeness (QED) is 0.251. The summed E-state index contributed by atoms with van der Waals surface area (Å²) in [4.78, 5) is 63.1. The maximum absolute atomic E-state index is 14.3. The molecule has 52 heavy (non-hydrogen) atoms. The number of aromatic hydroxyl groups is 1. The van der Waals surface area contributed by atoms with Gasteiger partial charge in [-0.15, -0.1) is 5.10 Å². The van der Waals surface area contributed by atoms with Gasteiger partial charge < -0.3 is 29.7 Å². The second kappa shape index (κ2) is 13.4. The third kappa shape index (κ3) is 6.33. The number of aromatic nitrogens is 7. The van der Waals surface area contributed by atoms with Gasteiger partial charge in [-0.05, 0) is 48.7 Å². The number of carbonyl (C=O) groups is 2. The number of aryl methyl sites for hydroxylation is 1. The van der Waals surface area contributed by atoms with Crippen LogP contribution in [0, 0.1) is 6.92 Å². The van der Waals surface area contributed by atoms with Crippen LogP contribution in [0.25, 0.3) is 5.78 Å². The van der Waals surface area contributed by atoms with Crippen molar-refractivity contribution in [2.24, 2.45) is 0 Å². The fraction of sp³-hybridized carbons (Fsp3) is 0.333. The van der Waals surface area contributed by atoms with Crippen molar-refractivity contribution in [1.82, 2.24) is 39.0 Å². The Kier molecular flexibility index (Phi) is 8.93. The number of nitrogens with one attached hydrogen (secondary N) is 1. The van der Waals surface area contributed by atoms with Crippen molar-refractivity contribution in [2.45, 2.75) is 46.1 Å². The van der Waals surface area contributed by atoms with Crippen LogP contribution in [0.2, 0.25) is 5.02 Å². The highest BCUT2D eigenvalue weighted by molar-refractivity contribution is 6.33. The summed E-state index contributed by atoms with van der Waals surface area (Å²) in [5.41, 5.74) is 1.43. The zero-order chi connectivity index (χ0) is 36.9. The molecule has 2 aliphatic heterocycles. The molecular weight excluding hydrogens is 707 g/mol. The van der Waals surface area contributed by atoms with Crippen molar-refractivity contribution >= 4 is 46.5 Å². The minimum Gasteiger partial charge on any atom is -0.504 e. The van der Waals surface area contributed by atoms with Crippen molar-refractivity contribution in [2.75, 3.05) is 41.3 Å². The summed E-state index contributed by atoms with van der Waals surface area (Å²) in [6.45, 7) is 4.76. The summed E-state index contributed by atoms with van der Waals surface area (Å²) in [6, 6.07) is 4.53. The highest BCUT2D eigenvalue weighted by atomic mass is 35.5. The van der Waals surface area contributed by atoms with Gasteiger partial charge in [0, 0.05) is 51.7 Å². The van der Waals surface area contributed by atoms with Crippen LogP contribution in [-0.2, 0) is 37.0 Å². The molecule has 0 radical (unpaired) electrons. The number of hydrogen-bond acceptors (Lipinski definition) is 11. The highest BCUT2D eigenvalue weighted by Crippen LogP contribution is 2.34. The molecule has 0 bridgehead atoms. The first-order valence-electron chi connectivity index (χ1n) is 16.2. The summed E-state index contributed by atoms with van der Waals surface area (Å²) < 4.78 is 42.4. The van der Waals surface area contributed by atoms with Gasteiger partial charge in [0.05, 0.1) is 27.7 Å². The molecular formula is C33H31ClF3N11O4. The van der Waals surface area contributed by atoms with Crippen LogP contribution in [0.1, 0.15) is 45.5 Å². The SMILES string of the molecule is CCc1c(N2CCN(C(=O)c3ncnc(C)c3O)CC2)c(=O)n2nc(N3Cc4ccncc4C3)nc2n1CC(=O)Nc1ccc(C(F)(F)F)cc1Cl. The standard InChI is InChI=1S/C33H31ClF3N11O4/c1-3-24-27(44-8-10-45(11-9-44)29(51)26-28(50)18(2)39-17-40-26)30(52)48-32(42-31(43-48)46-14-19-6-7-38-13-20(19)15-46)47(24)16-25(49)41-23-5-4-21(12-22(23)34)33(35,36)37/h4-7,12-13,17,50H,3,8-11,14-16H2,1-2H3,(H,41,49). The second-order valence-corrected chi connectivity index (χ2v) is 12.7. The van der Waals surface area contributed by atoms with Crippen LogP contribution in [0.5, 0.6) is 5.75 Å². The number of amides is 2. The van der Waals surface area contributed by atoms with E-state index in [9.17, 15) is 32.7 Å². The number of alkyl halides is 3. The Bertz CT molecular complexity index is 2260. The number of fused-ring (bicyclic) bond motifs is 2. The number of anilines is 3. The molecule has 6 heterocycles. The molecule has 0 saturated carbocycles. The lowest BCUT2D eigenvalue weighted by Crippen LogP contribution is -2.51. The molecule has 4 aromatic heterocycles. The molecule has 1 aromatic carbocycles. The average Bonchev–Trinajstić information content (AvgIpc) is 3.76. The molecule has 7 rings (SSSR count). The number of nitrogens with zero attached hydrogens (tertiary/aromatic N) is 10. The lowest BCUT2D eigenvalue weighted by molar-refractivity contribution is -0.137. The van der Waals surface area contributed by atoms with Crippen LogP contribution in [0.3, 0.4) is 0 Å². The Morgan fingerprint density at radius 2 is 1.79 bits per heavy atom. The van der Waals surface area contributed by atoms with Crippen molar-refractivity contribution in [1.29, 1.82) is 0 Å². The third-order valence-corrected chi connectivity index (χ3v) is 9.44. The van der Waals surface area contributed by atoms with Crippen molar-refractivity contribution in [3.05, 3.63) is 92.1 Å². The molecule has 270 valence electrons. The van der Waals surface area contributed by atoms with Gasteiger partial charge in [0.25, 0.3) is 11.5 Å². The first-order valence-corrected chi connectivity index (χ1v) is 16.6. The smallest absolute Gasteiger partial charge is 0.416 e. The van der Waals surface area contributed by atoms with E-state index in [1.54, 1.807) is 23.9 Å². The predicted molar refractivity (Wildman–Crippen MR) is 182 cm³/mol. The monoisotopic (exact) mass is 737 g/mol. The zero-order valence-corrected chi connectivity index (χ0v) is 28.6. The summed E-state index contributed by atoms with van der Waals surface area (Å²) >= 11 is 6.13. The van der Waals surface area contributed by atoms with Crippen molar-refractivity contribution < 1.29 is 27.9 Å². The minimum absolute atomic E-state index is 0.0219. The minimum atomic E-state index is -4.62. The van der Waals surface area contributed by atoms with E-state index in [2.05, 4.69) is 25.4 Å². The first kappa shape index (κ1) is 34.7. The maximum Gasteiger partial charge on any atom is 0.416 e. The van der Waals surface area contributed by atoms with Gasteiger partial charge in [0.1, 0.15) is 18.6 Å². The number of piperazine rings is 1. The Morgan fingerprint density at radius 1 is 1.04 bits per heavy atom. The lowest BCUT2D eigenvalue weighted by atomic mass is 10.2. The fourth-order valence-corrected chi connectivity index (χ4v) is 6.67. The molecule has 0 atom stereocenters. The summed E-state index contributed by atoms with van der Waals surface area (Å²) in [5, 5.41) is 17.3. The molecule has 1 saturated heterocycles. The third-order valence-electron chi connectivity index (χ3n) is 9.12. The zero-order valence-electron chi connectivity index (χ0n) is 27.9. The van der Waals surface area contributed by atoms with Gasteiger partial charge in [-0.25, -0.2) is 9.97 Å². The molecule has 19 heteroatoms. The summed E-state index contributed by atoms with van der Waals surface area (Å²) in [6.07, 6.45) is 0.316. The van der Waals surface area contributed by atoms with Crippen LogP contribution in [0.4, 0.5) is 30.5 Å². The molecule has 1 fully saturated rings. The van der Waals surface area contributed by atoms with Crippen LogP contribution < -0.4 is 20.7 Å². The molecule has 2 aliphatic rings. The van der Waals surface area contributed by atoms with E-state index < -0.39 is 29.1 Å².